The first-order valence-corrected chi connectivity index (χ1v) is 8.58. The normalized spacial score (nSPS) is 20.6. The van der Waals surface area contributed by atoms with E-state index >= 15 is 0 Å². The van der Waals surface area contributed by atoms with Crippen LogP contribution < -0.4 is 10.1 Å². The van der Waals surface area contributed by atoms with Crippen LogP contribution >= 0.6 is 24.8 Å². The lowest BCUT2D eigenvalue weighted by Gasteiger charge is -2.41. The van der Waals surface area contributed by atoms with Crippen LogP contribution in [0.3, 0.4) is 0 Å². The predicted molar refractivity (Wildman–Crippen MR) is 101 cm³/mol. The highest BCUT2D eigenvalue weighted by molar-refractivity contribution is 5.85. The molecule has 0 spiro atoms. The van der Waals surface area contributed by atoms with Gasteiger partial charge in [0.2, 0.25) is 0 Å². The predicted octanol–water partition coefficient (Wildman–Crippen LogP) is 4.20. The maximum atomic E-state index is 13.8. The summed E-state index contributed by atoms with van der Waals surface area (Å²) in [7, 11) is 1.54. The molecule has 24 heavy (non-hydrogen) atoms. The van der Waals surface area contributed by atoms with E-state index in [-0.39, 0.29) is 30.6 Å². The number of hydrogen-bond acceptors (Lipinski definition) is 3. The van der Waals surface area contributed by atoms with Gasteiger partial charge in [-0.15, -0.1) is 24.8 Å². The molecule has 1 aliphatic heterocycles. The minimum atomic E-state index is -0.269. The maximum absolute atomic E-state index is 13.8. The molecule has 0 bridgehead atoms. The minimum absolute atomic E-state index is 0. The van der Waals surface area contributed by atoms with Gasteiger partial charge in [0.1, 0.15) is 0 Å². The van der Waals surface area contributed by atoms with Crippen LogP contribution in [-0.2, 0) is 0 Å². The molecule has 1 saturated carbocycles. The summed E-state index contributed by atoms with van der Waals surface area (Å²) < 4.78 is 19.0. The molecule has 0 radical (unpaired) electrons. The van der Waals surface area contributed by atoms with Crippen LogP contribution in [0.25, 0.3) is 0 Å². The second-order valence-electron chi connectivity index (χ2n) is 6.52. The zero-order chi connectivity index (χ0) is 15.4. The molecule has 2 fully saturated rings. The molecule has 0 amide bonds. The molecule has 2 aliphatic rings. The molecule has 3 rings (SSSR count). The lowest BCUT2D eigenvalue weighted by Crippen LogP contribution is -2.47. The molecule has 1 saturated heterocycles. The summed E-state index contributed by atoms with van der Waals surface area (Å²) in [6, 6.07) is 5.83. The summed E-state index contributed by atoms with van der Waals surface area (Å²) >= 11 is 0. The van der Waals surface area contributed by atoms with Crippen molar-refractivity contribution in [2.24, 2.45) is 5.92 Å². The van der Waals surface area contributed by atoms with Gasteiger partial charge in [0.25, 0.3) is 0 Å². The van der Waals surface area contributed by atoms with Crippen molar-refractivity contribution >= 4 is 24.8 Å². The van der Waals surface area contributed by atoms with Crippen LogP contribution in [0.2, 0.25) is 0 Å². The van der Waals surface area contributed by atoms with Gasteiger partial charge in [-0.1, -0.05) is 25.3 Å². The standard InChI is InChI=1S/C18H27FN2O.2ClH/c1-22-17-13-15(7-8-16(17)19)18(14-5-3-2-4-6-14)21-11-9-20-10-12-21;;/h7-8,13-14,18,20H,2-6,9-12H2,1H3;2*1H/t18-;;/m0../s1. The van der Waals surface area contributed by atoms with E-state index in [1.165, 1.54) is 37.7 Å². The lowest BCUT2D eigenvalue weighted by atomic mass is 9.80. The molecule has 3 nitrogen and oxygen atoms in total. The summed E-state index contributed by atoms with van der Waals surface area (Å²) in [5.74, 6) is 0.782. The van der Waals surface area contributed by atoms with Gasteiger partial charge < -0.3 is 10.1 Å². The Bertz CT molecular complexity index is 474. The van der Waals surface area contributed by atoms with Crippen molar-refractivity contribution in [1.82, 2.24) is 10.2 Å². The number of benzene rings is 1. The molecule has 0 unspecified atom stereocenters. The Balaban J connectivity index is 0.00000144. The van der Waals surface area contributed by atoms with E-state index in [1.54, 1.807) is 13.2 Å². The van der Waals surface area contributed by atoms with Crippen LogP contribution in [0, 0.1) is 11.7 Å². The van der Waals surface area contributed by atoms with Crippen LogP contribution in [0.1, 0.15) is 43.7 Å². The Hall–Kier alpha value is -0.550. The Morgan fingerprint density at radius 3 is 2.42 bits per heavy atom. The second kappa shape index (κ2) is 10.4. The zero-order valence-electron chi connectivity index (χ0n) is 14.3. The molecule has 0 aromatic heterocycles. The molecule has 1 atom stereocenters. The zero-order valence-corrected chi connectivity index (χ0v) is 15.9. The Kier molecular flexibility index (Phi) is 9.35. The number of piperazine rings is 1. The van der Waals surface area contributed by atoms with Gasteiger partial charge in [-0.05, 0) is 36.5 Å². The topological polar surface area (TPSA) is 24.5 Å². The van der Waals surface area contributed by atoms with Crippen LogP contribution in [0.4, 0.5) is 4.39 Å². The van der Waals surface area contributed by atoms with Crippen molar-refractivity contribution in [2.45, 2.75) is 38.1 Å². The van der Waals surface area contributed by atoms with E-state index in [9.17, 15) is 4.39 Å². The fourth-order valence-electron chi connectivity index (χ4n) is 4.05. The molecule has 1 aromatic rings. The number of hydrogen-bond donors (Lipinski definition) is 1. The first-order valence-electron chi connectivity index (χ1n) is 8.58. The molecule has 1 aromatic carbocycles. The summed E-state index contributed by atoms with van der Waals surface area (Å²) in [5.41, 5.74) is 1.21. The van der Waals surface area contributed by atoms with E-state index < -0.39 is 0 Å². The number of rotatable bonds is 4. The third-order valence-electron chi connectivity index (χ3n) is 5.16. The number of methoxy groups -OCH3 is 1. The van der Waals surface area contributed by atoms with Crippen molar-refractivity contribution in [3.8, 4) is 5.75 Å². The van der Waals surface area contributed by atoms with Crippen molar-refractivity contribution < 1.29 is 9.13 Å². The summed E-state index contributed by atoms with van der Waals surface area (Å²) in [5, 5.41) is 3.43. The Labute approximate surface area is 157 Å². The first kappa shape index (κ1) is 21.5. The molecular weight excluding hydrogens is 350 g/mol. The molecule has 138 valence electrons. The van der Waals surface area contributed by atoms with Crippen molar-refractivity contribution in [3.63, 3.8) is 0 Å². The van der Waals surface area contributed by atoms with Gasteiger partial charge in [0, 0.05) is 32.2 Å². The monoisotopic (exact) mass is 378 g/mol. The first-order chi connectivity index (χ1) is 10.8. The highest BCUT2D eigenvalue weighted by Gasteiger charge is 2.31. The van der Waals surface area contributed by atoms with Gasteiger partial charge in [-0.3, -0.25) is 4.90 Å². The molecule has 1 N–H and O–H groups in total. The number of halogens is 3. The smallest absolute Gasteiger partial charge is 0.165 e. The Morgan fingerprint density at radius 2 is 1.79 bits per heavy atom. The Morgan fingerprint density at radius 1 is 1.12 bits per heavy atom. The average Bonchev–Trinajstić information content (AvgIpc) is 2.58. The fourth-order valence-corrected chi connectivity index (χ4v) is 4.05. The molecule has 6 heteroatoms. The maximum Gasteiger partial charge on any atom is 0.165 e. The number of nitrogens with one attached hydrogen (secondary N) is 1. The largest absolute Gasteiger partial charge is 0.494 e. The number of ether oxygens (including phenoxy) is 1. The quantitative estimate of drug-likeness (QED) is 0.849. The summed E-state index contributed by atoms with van der Waals surface area (Å²) in [6.07, 6.45) is 6.58. The van der Waals surface area contributed by atoms with Crippen molar-refractivity contribution in [3.05, 3.63) is 29.6 Å². The second-order valence-corrected chi connectivity index (χ2v) is 6.52. The van der Waals surface area contributed by atoms with E-state index in [1.807, 2.05) is 12.1 Å². The third-order valence-corrected chi connectivity index (χ3v) is 5.16. The molecular formula is C18H29Cl2FN2O. The van der Waals surface area contributed by atoms with Gasteiger partial charge in [0.05, 0.1) is 7.11 Å². The van der Waals surface area contributed by atoms with E-state index in [0.717, 1.165) is 26.2 Å². The van der Waals surface area contributed by atoms with E-state index in [4.69, 9.17) is 4.74 Å². The highest BCUT2D eigenvalue weighted by atomic mass is 35.5. The lowest BCUT2D eigenvalue weighted by molar-refractivity contribution is 0.103. The van der Waals surface area contributed by atoms with Gasteiger partial charge in [-0.2, -0.15) is 0 Å². The van der Waals surface area contributed by atoms with Crippen LogP contribution in [-0.4, -0.2) is 38.2 Å². The molecule has 1 aliphatic carbocycles. The highest BCUT2D eigenvalue weighted by Crippen LogP contribution is 2.39. The van der Waals surface area contributed by atoms with E-state index in [2.05, 4.69) is 10.2 Å². The summed E-state index contributed by atoms with van der Waals surface area (Å²) in [4.78, 5) is 2.58. The van der Waals surface area contributed by atoms with Crippen LogP contribution in [0.5, 0.6) is 5.75 Å². The van der Waals surface area contributed by atoms with Gasteiger partial charge in [-0.25, -0.2) is 4.39 Å². The fraction of sp³-hybridized carbons (Fsp3) is 0.667. The average molecular weight is 379 g/mol. The van der Waals surface area contributed by atoms with Gasteiger partial charge in [0.15, 0.2) is 11.6 Å². The van der Waals surface area contributed by atoms with E-state index in [0.29, 0.717) is 17.7 Å². The minimum Gasteiger partial charge on any atom is -0.494 e. The third kappa shape index (κ3) is 4.98. The van der Waals surface area contributed by atoms with Crippen LogP contribution in [0.15, 0.2) is 18.2 Å². The van der Waals surface area contributed by atoms with Crippen molar-refractivity contribution in [1.29, 1.82) is 0 Å². The molecule has 1 heterocycles. The van der Waals surface area contributed by atoms with Crippen molar-refractivity contribution in [2.75, 3.05) is 33.3 Å². The summed E-state index contributed by atoms with van der Waals surface area (Å²) in [6.45, 7) is 4.23. The number of nitrogens with zero attached hydrogens (tertiary/aromatic N) is 1. The van der Waals surface area contributed by atoms with Gasteiger partial charge >= 0.3 is 0 Å². The SMILES string of the molecule is COc1cc([C@H](C2CCCCC2)N2CCNCC2)ccc1F.Cl.Cl.